The molecule has 3 heterocycles. The second-order valence-corrected chi connectivity index (χ2v) is 7.48. The number of amides is 1. The Morgan fingerprint density at radius 1 is 1.34 bits per heavy atom. The van der Waals surface area contributed by atoms with Gasteiger partial charge in [-0.3, -0.25) is 9.59 Å². The lowest BCUT2D eigenvalue weighted by Crippen LogP contribution is -2.40. The molecule has 4 rings (SSSR count). The number of nitrogens with zero attached hydrogens (tertiary/aromatic N) is 3. The number of anilines is 2. The Balaban J connectivity index is 1.62. The number of carbonyl (C=O) groups excluding carboxylic acids is 1. The summed E-state index contributed by atoms with van der Waals surface area (Å²) < 4.78 is 33.3. The molecule has 29 heavy (non-hydrogen) atoms. The topological polar surface area (TPSA) is 78.5 Å². The van der Waals surface area contributed by atoms with Gasteiger partial charge in [0.1, 0.15) is 11.6 Å². The van der Waals surface area contributed by atoms with Gasteiger partial charge in [-0.15, -0.1) is 0 Å². The van der Waals surface area contributed by atoms with Crippen LogP contribution in [0.3, 0.4) is 0 Å². The first-order valence-corrected chi connectivity index (χ1v) is 9.65. The Morgan fingerprint density at radius 2 is 2.07 bits per heavy atom. The molecule has 1 fully saturated rings. The molecule has 0 spiro atoms. The number of morpholine rings is 1. The van der Waals surface area contributed by atoms with Gasteiger partial charge < -0.3 is 19.5 Å². The van der Waals surface area contributed by atoms with Crippen LogP contribution in [0.1, 0.15) is 18.3 Å². The summed E-state index contributed by atoms with van der Waals surface area (Å²) in [5.74, 6) is -1.88. The highest BCUT2D eigenvalue weighted by Crippen LogP contribution is 2.38. The van der Waals surface area contributed by atoms with Gasteiger partial charge >= 0.3 is 0 Å². The first kappa shape index (κ1) is 19.8. The summed E-state index contributed by atoms with van der Waals surface area (Å²) in [6.45, 7) is 3.44. The molecule has 7 nitrogen and oxygen atoms in total. The number of aromatic nitrogens is 2. The van der Waals surface area contributed by atoms with Gasteiger partial charge in [0.05, 0.1) is 24.7 Å². The lowest BCUT2D eigenvalue weighted by molar-refractivity contribution is -0.118. The zero-order valence-corrected chi connectivity index (χ0v) is 16.4. The van der Waals surface area contributed by atoms with Crippen LogP contribution in [0.25, 0.3) is 0 Å². The Kier molecular flexibility index (Phi) is 5.26. The molecule has 1 atom stereocenters. The summed E-state index contributed by atoms with van der Waals surface area (Å²) in [5, 5.41) is 0.00701. The van der Waals surface area contributed by atoms with Gasteiger partial charge in [-0.2, -0.15) is 4.39 Å². The Hall–Kier alpha value is -2.52. The van der Waals surface area contributed by atoms with Gasteiger partial charge in [-0.1, -0.05) is 11.6 Å². The number of halogens is 3. The van der Waals surface area contributed by atoms with E-state index in [-0.39, 0.29) is 35.0 Å². The highest BCUT2D eigenvalue weighted by atomic mass is 35.5. The van der Waals surface area contributed by atoms with Crippen molar-refractivity contribution in [2.75, 3.05) is 36.1 Å². The number of H-pyrrole nitrogens is 1. The van der Waals surface area contributed by atoms with Gasteiger partial charge in [0, 0.05) is 24.8 Å². The highest BCUT2D eigenvalue weighted by molar-refractivity contribution is 6.32. The first-order valence-electron chi connectivity index (χ1n) is 9.27. The SMILES string of the molecule is CC1Cc2c(ccc(F)c2Cl)N1C(=O)Cc1nc(N2CCOCC2)c(F)c(=O)[nH]1. The van der Waals surface area contributed by atoms with E-state index in [2.05, 4.69) is 9.97 Å². The van der Waals surface area contributed by atoms with Crippen molar-refractivity contribution in [3.05, 3.63) is 50.5 Å². The van der Waals surface area contributed by atoms with Gasteiger partial charge in [-0.25, -0.2) is 9.37 Å². The summed E-state index contributed by atoms with van der Waals surface area (Å²) in [6.07, 6.45) is 0.190. The maximum atomic E-state index is 14.3. The molecule has 2 aliphatic heterocycles. The lowest BCUT2D eigenvalue weighted by Gasteiger charge is -2.28. The molecule has 1 saturated heterocycles. The van der Waals surface area contributed by atoms with E-state index >= 15 is 0 Å². The number of rotatable bonds is 3. The molecule has 1 unspecified atom stereocenters. The molecule has 0 bridgehead atoms. The molecule has 1 amide bonds. The van der Waals surface area contributed by atoms with Crippen molar-refractivity contribution in [3.63, 3.8) is 0 Å². The first-order chi connectivity index (χ1) is 13.9. The van der Waals surface area contributed by atoms with Crippen LogP contribution in [0.4, 0.5) is 20.3 Å². The number of fused-ring (bicyclic) bond motifs is 1. The largest absolute Gasteiger partial charge is 0.378 e. The van der Waals surface area contributed by atoms with Crippen molar-refractivity contribution in [3.8, 4) is 0 Å². The average Bonchev–Trinajstić information content (AvgIpc) is 3.05. The van der Waals surface area contributed by atoms with Crippen LogP contribution < -0.4 is 15.4 Å². The lowest BCUT2D eigenvalue weighted by atomic mass is 10.1. The van der Waals surface area contributed by atoms with E-state index in [9.17, 15) is 18.4 Å². The minimum atomic E-state index is -0.981. The molecular weight excluding hydrogens is 406 g/mol. The van der Waals surface area contributed by atoms with Gasteiger partial charge in [-0.05, 0) is 31.0 Å². The summed E-state index contributed by atoms with van der Waals surface area (Å²) in [5.41, 5.74) is 0.179. The molecule has 1 aromatic heterocycles. The standard InChI is InChI=1S/C19H19ClF2N4O3/c1-10-8-11-13(3-2-12(21)16(11)20)26(10)15(27)9-14-23-18(17(22)19(28)24-14)25-4-6-29-7-5-25/h2-3,10H,4-9H2,1H3,(H,23,24,28). The van der Waals surface area contributed by atoms with E-state index < -0.39 is 17.2 Å². The van der Waals surface area contributed by atoms with Crippen molar-refractivity contribution in [2.45, 2.75) is 25.8 Å². The van der Waals surface area contributed by atoms with Crippen molar-refractivity contribution in [1.82, 2.24) is 9.97 Å². The van der Waals surface area contributed by atoms with Crippen LogP contribution >= 0.6 is 11.6 Å². The molecule has 2 aromatic rings. The van der Waals surface area contributed by atoms with E-state index in [1.165, 1.54) is 17.0 Å². The van der Waals surface area contributed by atoms with Gasteiger partial charge in [0.15, 0.2) is 5.82 Å². The fraction of sp³-hybridized carbons (Fsp3) is 0.421. The second-order valence-electron chi connectivity index (χ2n) is 7.10. The fourth-order valence-electron chi connectivity index (χ4n) is 3.80. The molecular formula is C19H19ClF2N4O3. The van der Waals surface area contributed by atoms with Crippen molar-refractivity contribution in [1.29, 1.82) is 0 Å². The molecule has 1 aromatic carbocycles. The van der Waals surface area contributed by atoms with E-state index in [0.29, 0.717) is 44.0 Å². The van der Waals surface area contributed by atoms with Crippen molar-refractivity contribution >= 4 is 29.0 Å². The van der Waals surface area contributed by atoms with Crippen LogP contribution in [-0.4, -0.2) is 48.2 Å². The summed E-state index contributed by atoms with van der Waals surface area (Å²) in [6, 6.07) is 2.49. The summed E-state index contributed by atoms with van der Waals surface area (Å²) >= 11 is 6.05. The Labute approximate surface area is 170 Å². The van der Waals surface area contributed by atoms with Crippen molar-refractivity contribution < 1.29 is 18.3 Å². The molecule has 2 aliphatic rings. The molecule has 0 saturated carbocycles. The predicted octanol–water partition coefficient (Wildman–Crippen LogP) is 2.06. The predicted molar refractivity (Wildman–Crippen MR) is 104 cm³/mol. The third-order valence-corrected chi connectivity index (χ3v) is 5.57. The maximum Gasteiger partial charge on any atom is 0.289 e. The summed E-state index contributed by atoms with van der Waals surface area (Å²) in [4.78, 5) is 34.7. The third kappa shape index (κ3) is 3.60. The van der Waals surface area contributed by atoms with Crippen LogP contribution in [0.5, 0.6) is 0 Å². The normalized spacial score (nSPS) is 18.8. The van der Waals surface area contributed by atoms with Crippen LogP contribution in [0.15, 0.2) is 16.9 Å². The van der Waals surface area contributed by atoms with Crippen LogP contribution in [0, 0.1) is 11.6 Å². The molecule has 0 radical (unpaired) electrons. The molecule has 154 valence electrons. The van der Waals surface area contributed by atoms with E-state index in [4.69, 9.17) is 16.3 Å². The molecule has 1 N–H and O–H groups in total. The monoisotopic (exact) mass is 424 g/mol. The number of aromatic amines is 1. The number of hydrogen-bond donors (Lipinski definition) is 1. The second kappa shape index (κ2) is 7.72. The summed E-state index contributed by atoms with van der Waals surface area (Å²) in [7, 11) is 0. The van der Waals surface area contributed by atoms with Gasteiger partial charge in [0.25, 0.3) is 5.56 Å². The van der Waals surface area contributed by atoms with Crippen molar-refractivity contribution in [2.24, 2.45) is 0 Å². The van der Waals surface area contributed by atoms with E-state index in [0.717, 1.165) is 0 Å². The minimum Gasteiger partial charge on any atom is -0.378 e. The molecule has 0 aliphatic carbocycles. The van der Waals surface area contributed by atoms with Crippen LogP contribution in [0.2, 0.25) is 5.02 Å². The quantitative estimate of drug-likeness (QED) is 0.816. The maximum absolute atomic E-state index is 14.3. The van der Waals surface area contributed by atoms with E-state index in [1.54, 1.807) is 4.90 Å². The third-order valence-electron chi connectivity index (χ3n) is 5.16. The average molecular weight is 425 g/mol. The fourth-order valence-corrected chi connectivity index (χ4v) is 4.03. The number of hydrogen-bond acceptors (Lipinski definition) is 5. The Morgan fingerprint density at radius 3 is 2.79 bits per heavy atom. The smallest absolute Gasteiger partial charge is 0.289 e. The number of nitrogens with one attached hydrogen (secondary N) is 1. The number of carbonyl (C=O) groups is 1. The zero-order valence-electron chi connectivity index (χ0n) is 15.7. The van der Waals surface area contributed by atoms with Crippen LogP contribution in [-0.2, 0) is 22.4 Å². The zero-order chi connectivity index (χ0) is 20.7. The number of ether oxygens (including phenoxy) is 1. The highest BCUT2D eigenvalue weighted by Gasteiger charge is 2.33. The van der Waals surface area contributed by atoms with E-state index in [1.807, 2.05) is 6.92 Å². The number of benzene rings is 1. The molecule has 10 heteroatoms. The minimum absolute atomic E-state index is 0.00701. The Bertz CT molecular complexity index is 1020. The van der Waals surface area contributed by atoms with Gasteiger partial charge in [0.2, 0.25) is 11.7 Å².